The summed E-state index contributed by atoms with van der Waals surface area (Å²) < 4.78 is 3.81. The summed E-state index contributed by atoms with van der Waals surface area (Å²) in [6.07, 6.45) is 13.0. The second-order valence-corrected chi connectivity index (χ2v) is 7.98. The minimum Gasteiger partial charge on any atom is -0.315 e. The highest BCUT2D eigenvalue weighted by Crippen LogP contribution is 2.34. The molecule has 4 aromatic rings. The Bertz CT molecular complexity index is 1180. The first-order valence-electron chi connectivity index (χ1n) is 9.42. The molecule has 5 rings (SSSR count). The molecular weight excluding hydrogens is 384 g/mol. The number of rotatable bonds is 4. The maximum absolute atomic E-state index is 9.49. The van der Waals surface area contributed by atoms with E-state index in [0.29, 0.717) is 11.6 Å². The third kappa shape index (κ3) is 3.48. The molecule has 9 heteroatoms. The van der Waals surface area contributed by atoms with Crippen LogP contribution in [0.1, 0.15) is 24.4 Å². The largest absolute Gasteiger partial charge is 0.315 e. The molecule has 1 aliphatic rings. The molecule has 0 radical (unpaired) electrons. The number of nitrogens with one attached hydrogen (secondary N) is 1. The smallest absolute Gasteiger partial charge is 0.116 e. The van der Waals surface area contributed by atoms with Gasteiger partial charge in [0.15, 0.2) is 0 Å². The van der Waals surface area contributed by atoms with Crippen molar-refractivity contribution < 1.29 is 0 Å². The van der Waals surface area contributed by atoms with Crippen molar-refractivity contribution in [3.05, 3.63) is 55.0 Å². The van der Waals surface area contributed by atoms with E-state index in [-0.39, 0.29) is 0 Å². The Hall–Kier alpha value is -3.22. The van der Waals surface area contributed by atoms with Gasteiger partial charge in [-0.3, -0.25) is 4.68 Å². The van der Waals surface area contributed by atoms with Crippen LogP contribution in [0.3, 0.4) is 0 Å². The zero-order valence-corrected chi connectivity index (χ0v) is 16.4. The summed E-state index contributed by atoms with van der Waals surface area (Å²) in [5.74, 6) is 0. The predicted octanol–water partition coefficient (Wildman–Crippen LogP) is 2.94. The first-order valence-corrected chi connectivity index (χ1v) is 10.2. The van der Waals surface area contributed by atoms with Gasteiger partial charge in [-0.1, -0.05) is 11.8 Å². The van der Waals surface area contributed by atoms with Crippen LogP contribution in [0.4, 0.5) is 0 Å². The molecule has 1 fully saturated rings. The molecule has 29 heavy (non-hydrogen) atoms. The molecule has 1 N–H and O–H groups in total. The Morgan fingerprint density at radius 1 is 1.21 bits per heavy atom. The summed E-state index contributed by atoms with van der Waals surface area (Å²) in [5.41, 5.74) is 3.34. The van der Waals surface area contributed by atoms with Gasteiger partial charge in [0.25, 0.3) is 0 Å². The average Bonchev–Trinajstić information content (AvgIpc) is 3.42. The topological polar surface area (TPSA) is 96.7 Å². The van der Waals surface area contributed by atoms with Crippen LogP contribution < -0.4 is 5.32 Å². The van der Waals surface area contributed by atoms with E-state index >= 15 is 0 Å². The third-order valence-electron chi connectivity index (χ3n) is 5.05. The standard InChI is InChI=1S/C20H18N8S/c21-7-15-8-26-28-11-14(6-18(20(15)28)29-19-3-5-23-13-24-19)16-9-25-27(12-16)17-2-1-4-22-10-17/h3,5-6,8-9,11-13,17,22H,1-2,4,10H2/t17-/m0/s1. The SMILES string of the molecule is N#Cc1cnn2cc(-c3cnn([C@H]4CCCNC4)c3)cc(Sc3ccncn3)c12. The Balaban J connectivity index is 1.56. The van der Waals surface area contributed by atoms with Crippen LogP contribution in [0.2, 0.25) is 0 Å². The van der Waals surface area contributed by atoms with Crippen LogP contribution in [0, 0.1) is 11.3 Å². The molecule has 1 saturated heterocycles. The molecular formula is C20H18N8S. The number of fused-ring (bicyclic) bond motifs is 1. The van der Waals surface area contributed by atoms with Gasteiger partial charge in [-0.05, 0) is 31.5 Å². The Labute approximate surface area is 171 Å². The summed E-state index contributed by atoms with van der Waals surface area (Å²) in [7, 11) is 0. The zero-order chi connectivity index (χ0) is 19.6. The van der Waals surface area contributed by atoms with E-state index in [0.717, 1.165) is 52.5 Å². The summed E-state index contributed by atoms with van der Waals surface area (Å²) in [4.78, 5) is 9.20. The molecule has 0 saturated carbocycles. The number of hydrogen-bond acceptors (Lipinski definition) is 7. The normalized spacial score (nSPS) is 16.7. The molecule has 0 aliphatic carbocycles. The van der Waals surface area contributed by atoms with Crippen molar-refractivity contribution in [2.24, 2.45) is 0 Å². The average molecular weight is 402 g/mol. The lowest BCUT2D eigenvalue weighted by Gasteiger charge is -2.22. The number of nitrogens with zero attached hydrogens (tertiary/aromatic N) is 7. The van der Waals surface area contributed by atoms with Crippen molar-refractivity contribution in [3.63, 3.8) is 0 Å². The van der Waals surface area contributed by atoms with Gasteiger partial charge in [0.2, 0.25) is 0 Å². The minimum atomic E-state index is 0.381. The van der Waals surface area contributed by atoms with Gasteiger partial charge in [0.1, 0.15) is 17.4 Å². The third-order valence-corrected chi connectivity index (χ3v) is 6.03. The van der Waals surface area contributed by atoms with E-state index in [4.69, 9.17) is 0 Å². The van der Waals surface area contributed by atoms with Gasteiger partial charge in [-0.15, -0.1) is 0 Å². The van der Waals surface area contributed by atoms with E-state index in [1.54, 1.807) is 16.9 Å². The highest BCUT2D eigenvalue weighted by atomic mass is 32.2. The molecule has 0 spiro atoms. The van der Waals surface area contributed by atoms with Crippen LogP contribution in [0.25, 0.3) is 16.6 Å². The first-order chi connectivity index (χ1) is 14.3. The van der Waals surface area contributed by atoms with Gasteiger partial charge in [-0.25, -0.2) is 14.5 Å². The van der Waals surface area contributed by atoms with E-state index in [1.807, 2.05) is 23.1 Å². The Morgan fingerprint density at radius 2 is 2.17 bits per heavy atom. The monoisotopic (exact) mass is 402 g/mol. The van der Waals surface area contributed by atoms with Crippen LogP contribution in [0.5, 0.6) is 0 Å². The molecule has 0 aromatic carbocycles. The number of hydrogen-bond donors (Lipinski definition) is 1. The lowest BCUT2D eigenvalue weighted by Crippen LogP contribution is -2.31. The summed E-state index contributed by atoms with van der Waals surface area (Å²) in [6, 6.07) is 6.54. The van der Waals surface area contributed by atoms with Crippen molar-refractivity contribution in [1.82, 2.24) is 34.7 Å². The highest BCUT2D eigenvalue weighted by molar-refractivity contribution is 7.99. The zero-order valence-electron chi connectivity index (χ0n) is 15.6. The minimum absolute atomic E-state index is 0.381. The number of aromatic nitrogens is 6. The lowest BCUT2D eigenvalue weighted by atomic mass is 10.1. The second kappa shape index (κ2) is 7.66. The maximum Gasteiger partial charge on any atom is 0.116 e. The second-order valence-electron chi connectivity index (χ2n) is 6.92. The fourth-order valence-corrected chi connectivity index (χ4v) is 4.54. The van der Waals surface area contributed by atoms with Gasteiger partial charge in [0.05, 0.1) is 29.5 Å². The van der Waals surface area contributed by atoms with E-state index in [9.17, 15) is 5.26 Å². The van der Waals surface area contributed by atoms with Crippen LogP contribution in [0.15, 0.2) is 59.4 Å². The van der Waals surface area contributed by atoms with Gasteiger partial charge in [-0.2, -0.15) is 15.5 Å². The molecule has 5 heterocycles. The number of pyridine rings is 1. The summed E-state index contributed by atoms with van der Waals surface area (Å²) >= 11 is 1.49. The van der Waals surface area contributed by atoms with Gasteiger partial charge in [0, 0.05) is 41.2 Å². The predicted molar refractivity (Wildman–Crippen MR) is 108 cm³/mol. The van der Waals surface area contributed by atoms with Crippen LogP contribution in [-0.2, 0) is 0 Å². The van der Waals surface area contributed by atoms with E-state index in [2.05, 4.69) is 43.8 Å². The Kier molecular flexibility index (Phi) is 4.71. The number of nitriles is 1. The molecule has 0 unspecified atom stereocenters. The van der Waals surface area contributed by atoms with Crippen molar-refractivity contribution in [2.75, 3.05) is 13.1 Å². The lowest BCUT2D eigenvalue weighted by molar-refractivity contribution is 0.347. The fourth-order valence-electron chi connectivity index (χ4n) is 3.60. The van der Waals surface area contributed by atoms with Crippen molar-refractivity contribution in [3.8, 4) is 17.2 Å². The van der Waals surface area contributed by atoms with Gasteiger partial charge < -0.3 is 5.32 Å². The fraction of sp³-hybridized carbons (Fsp3) is 0.250. The highest BCUT2D eigenvalue weighted by Gasteiger charge is 2.18. The summed E-state index contributed by atoms with van der Waals surface area (Å²) in [6.45, 7) is 2.02. The van der Waals surface area contributed by atoms with Gasteiger partial charge >= 0.3 is 0 Å². The van der Waals surface area contributed by atoms with Crippen molar-refractivity contribution >= 4 is 17.3 Å². The molecule has 144 valence electrons. The molecule has 1 aliphatic heterocycles. The van der Waals surface area contributed by atoms with E-state index in [1.165, 1.54) is 18.1 Å². The molecule has 0 amide bonds. The summed E-state index contributed by atoms with van der Waals surface area (Å²) in [5, 5.41) is 22.7. The molecule has 8 nitrogen and oxygen atoms in total. The van der Waals surface area contributed by atoms with Crippen LogP contribution >= 0.6 is 11.8 Å². The van der Waals surface area contributed by atoms with E-state index < -0.39 is 0 Å². The molecule has 4 aromatic heterocycles. The van der Waals surface area contributed by atoms with Crippen LogP contribution in [-0.4, -0.2) is 42.5 Å². The first kappa shape index (κ1) is 17.8. The number of piperidine rings is 1. The molecule has 1 atom stereocenters. The maximum atomic E-state index is 9.49. The quantitative estimate of drug-likeness (QED) is 0.524. The molecule has 0 bridgehead atoms. The van der Waals surface area contributed by atoms with Crippen molar-refractivity contribution in [2.45, 2.75) is 28.8 Å². The Morgan fingerprint density at radius 3 is 2.97 bits per heavy atom. The van der Waals surface area contributed by atoms with Crippen molar-refractivity contribution in [1.29, 1.82) is 5.26 Å².